The summed E-state index contributed by atoms with van der Waals surface area (Å²) < 4.78 is 27.4. The van der Waals surface area contributed by atoms with Gasteiger partial charge in [-0.25, -0.2) is 8.78 Å². The van der Waals surface area contributed by atoms with Crippen molar-refractivity contribution >= 4 is 17.5 Å². The van der Waals surface area contributed by atoms with Gasteiger partial charge in [0.05, 0.1) is 0 Å². The topological polar surface area (TPSA) is 20.3 Å². The molecule has 2 rings (SSSR count). The molecule has 2 fully saturated rings. The minimum atomic E-state index is -2.61. The van der Waals surface area contributed by atoms with Crippen LogP contribution in [0.15, 0.2) is 0 Å². The highest BCUT2D eigenvalue weighted by atomic mass is 35.5. The summed E-state index contributed by atoms with van der Waals surface area (Å²) in [5, 5.41) is -0.566. The van der Waals surface area contributed by atoms with Crippen LogP contribution in [0.1, 0.15) is 32.6 Å². The van der Waals surface area contributed by atoms with Crippen molar-refractivity contribution in [3.05, 3.63) is 0 Å². The number of alkyl halides is 3. The third-order valence-electron chi connectivity index (χ3n) is 4.01. The third kappa shape index (κ3) is 2.42. The molecule has 1 aliphatic carbocycles. The average molecular weight is 266 g/mol. The number of halogens is 3. The molecule has 1 saturated heterocycles. The van der Waals surface area contributed by atoms with Crippen molar-refractivity contribution < 1.29 is 13.6 Å². The van der Waals surface area contributed by atoms with Crippen molar-refractivity contribution in [2.45, 2.75) is 43.9 Å². The summed E-state index contributed by atoms with van der Waals surface area (Å²) in [6.07, 6.45) is 1.88. The molecule has 3 atom stereocenters. The summed E-state index contributed by atoms with van der Waals surface area (Å²) in [6, 6.07) is 0. The summed E-state index contributed by atoms with van der Waals surface area (Å²) >= 11 is 5.89. The molecule has 3 unspecified atom stereocenters. The van der Waals surface area contributed by atoms with Crippen LogP contribution in [-0.2, 0) is 4.79 Å². The van der Waals surface area contributed by atoms with Gasteiger partial charge in [-0.15, -0.1) is 11.6 Å². The zero-order chi connectivity index (χ0) is 12.6. The van der Waals surface area contributed by atoms with Gasteiger partial charge in [-0.05, 0) is 25.2 Å². The lowest BCUT2D eigenvalue weighted by Crippen LogP contribution is -2.39. The molecule has 1 saturated carbocycles. The molecule has 1 aliphatic heterocycles. The SMILES string of the molecule is CCC(Cl)C(=O)N1CC2CCCC(F)(F)C2C1. The molecular formula is C12H18ClF2NO. The predicted octanol–water partition coefficient (Wildman–Crippen LogP) is 2.90. The molecule has 2 aliphatic rings. The lowest BCUT2D eigenvalue weighted by Gasteiger charge is -2.32. The second-order valence-corrected chi connectivity index (χ2v) is 5.67. The van der Waals surface area contributed by atoms with E-state index in [1.807, 2.05) is 6.92 Å². The summed E-state index contributed by atoms with van der Waals surface area (Å²) in [4.78, 5) is 13.4. The van der Waals surface area contributed by atoms with E-state index in [4.69, 9.17) is 11.6 Å². The van der Waals surface area contributed by atoms with Crippen molar-refractivity contribution in [2.75, 3.05) is 13.1 Å². The van der Waals surface area contributed by atoms with Gasteiger partial charge in [0.25, 0.3) is 5.92 Å². The van der Waals surface area contributed by atoms with Gasteiger partial charge in [0, 0.05) is 25.4 Å². The van der Waals surface area contributed by atoms with Gasteiger partial charge in [-0.3, -0.25) is 4.79 Å². The van der Waals surface area contributed by atoms with Gasteiger partial charge < -0.3 is 4.90 Å². The number of nitrogens with zero attached hydrogens (tertiary/aromatic N) is 1. The zero-order valence-electron chi connectivity index (χ0n) is 9.96. The summed E-state index contributed by atoms with van der Waals surface area (Å²) in [7, 11) is 0. The van der Waals surface area contributed by atoms with Crippen molar-refractivity contribution in [2.24, 2.45) is 11.8 Å². The average Bonchev–Trinajstić information content (AvgIpc) is 2.72. The van der Waals surface area contributed by atoms with E-state index in [1.54, 1.807) is 0 Å². The third-order valence-corrected chi connectivity index (χ3v) is 4.50. The zero-order valence-corrected chi connectivity index (χ0v) is 10.7. The van der Waals surface area contributed by atoms with E-state index < -0.39 is 17.2 Å². The van der Waals surface area contributed by atoms with Gasteiger partial charge in [0.1, 0.15) is 5.38 Å². The van der Waals surface area contributed by atoms with E-state index in [9.17, 15) is 13.6 Å². The molecule has 0 radical (unpaired) electrons. The maximum absolute atomic E-state index is 13.7. The number of likely N-dealkylation sites (tertiary alicyclic amines) is 1. The first-order valence-corrected chi connectivity index (χ1v) is 6.70. The number of carbonyl (C=O) groups excluding carboxylic acids is 1. The van der Waals surface area contributed by atoms with Gasteiger partial charge in [-0.1, -0.05) is 6.92 Å². The highest BCUT2D eigenvalue weighted by Gasteiger charge is 2.52. The van der Waals surface area contributed by atoms with Crippen LogP contribution < -0.4 is 0 Å². The van der Waals surface area contributed by atoms with Crippen molar-refractivity contribution in [1.82, 2.24) is 4.90 Å². The largest absolute Gasteiger partial charge is 0.341 e. The molecule has 1 amide bonds. The summed E-state index contributed by atoms with van der Waals surface area (Å²) in [5.74, 6) is -3.48. The van der Waals surface area contributed by atoms with Gasteiger partial charge in [0.15, 0.2) is 0 Å². The first-order valence-electron chi connectivity index (χ1n) is 6.26. The van der Waals surface area contributed by atoms with Gasteiger partial charge in [-0.2, -0.15) is 0 Å². The number of rotatable bonds is 2. The molecule has 17 heavy (non-hydrogen) atoms. The molecular weight excluding hydrogens is 248 g/mol. The molecule has 0 bridgehead atoms. The predicted molar refractivity (Wildman–Crippen MR) is 62.3 cm³/mol. The van der Waals surface area contributed by atoms with Gasteiger partial charge in [0.2, 0.25) is 5.91 Å². The van der Waals surface area contributed by atoms with E-state index in [2.05, 4.69) is 0 Å². The molecule has 0 N–H and O–H groups in total. The van der Waals surface area contributed by atoms with Crippen molar-refractivity contribution in [3.63, 3.8) is 0 Å². The first kappa shape index (κ1) is 13.1. The van der Waals surface area contributed by atoms with Crippen LogP contribution in [0.4, 0.5) is 8.78 Å². The Hall–Kier alpha value is -0.380. The molecule has 0 aromatic rings. The monoisotopic (exact) mass is 265 g/mol. The fourth-order valence-electron chi connectivity index (χ4n) is 2.98. The summed E-state index contributed by atoms with van der Waals surface area (Å²) in [5.41, 5.74) is 0. The Morgan fingerprint density at radius 1 is 1.53 bits per heavy atom. The Morgan fingerprint density at radius 3 is 2.82 bits per heavy atom. The van der Waals surface area contributed by atoms with E-state index in [1.165, 1.54) is 4.90 Å². The first-order chi connectivity index (χ1) is 7.95. The Balaban J connectivity index is 2.05. The van der Waals surface area contributed by atoms with Crippen LogP contribution in [0, 0.1) is 11.8 Å². The number of hydrogen-bond donors (Lipinski definition) is 0. The van der Waals surface area contributed by atoms with Crippen molar-refractivity contribution in [1.29, 1.82) is 0 Å². The fourth-order valence-corrected chi connectivity index (χ4v) is 3.12. The minimum Gasteiger partial charge on any atom is -0.341 e. The van der Waals surface area contributed by atoms with Crippen LogP contribution in [-0.4, -0.2) is 35.2 Å². The fraction of sp³-hybridized carbons (Fsp3) is 0.917. The van der Waals surface area contributed by atoms with Gasteiger partial charge >= 0.3 is 0 Å². The molecule has 98 valence electrons. The molecule has 0 spiro atoms. The Labute approximate surface area is 105 Å². The molecule has 1 heterocycles. The van der Waals surface area contributed by atoms with Crippen LogP contribution in [0.3, 0.4) is 0 Å². The number of amides is 1. The maximum atomic E-state index is 13.7. The Kier molecular flexibility index (Phi) is 3.62. The lowest BCUT2D eigenvalue weighted by atomic mass is 9.79. The number of carbonyl (C=O) groups is 1. The standard InChI is InChI=1S/C12H18ClF2NO/c1-2-10(13)11(17)16-6-8-4-3-5-12(14,15)9(8)7-16/h8-10H,2-7H2,1H3. The lowest BCUT2D eigenvalue weighted by molar-refractivity contribution is -0.130. The molecule has 0 aromatic carbocycles. The molecule has 2 nitrogen and oxygen atoms in total. The van der Waals surface area contributed by atoms with E-state index in [-0.39, 0.29) is 24.8 Å². The number of fused-ring (bicyclic) bond motifs is 1. The minimum absolute atomic E-state index is 0.0335. The second-order valence-electron chi connectivity index (χ2n) is 5.14. The smallest absolute Gasteiger partial charge is 0.252 e. The van der Waals surface area contributed by atoms with E-state index >= 15 is 0 Å². The van der Waals surface area contributed by atoms with Crippen LogP contribution in [0.5, 0.6) is 0 Å². The summed E-state index contributed by atoms with van der Waals surface area (Å²) in [6.45, 7) is 2.47. The van der Waals surface area contributed by atoms with Crippen LogP contribution in [0.2, 0.25) is 0 Å². The van der Waals surface area contributed by atoms with E-state index in [0.717, 1.165) is 6.42 Å². The Morgan fingerprint density at radius 2 is 2.24 bits per heavy atom. The number of hydrogen-bond acceptors (Lipinski definition) is 1. The Bertz CT molecular complexity index is 311. The van der Waals surface area contributed by atoms with Crippen LogP contribution in [0.25, 0.3) is 0 Å². The second kappa shape index (κ2) is 4.71. The van der Waals surface area contributed by atoms with Crippen molar-refractivity contribution in [3.8, 4) is 0 Å². The highest BCUT2D eigenvalue weighted by molar-refractivity contribution is 6.30. The normalized spacial score (nSPS) is 33.3. The molecule has 0 aromatic heterocycles. The maximum Gasteiger partial charge on any atom is 0.252 e. The van der Waals surface area contributed by atoms with Crippen LogP contribution >= 0.6 is 11.6 Å². The molecule has 5 heteroatoms. The van der Waals surface area contributed by atoms with E-state index in [0.29, 0.717) is 19.4 Å². The quantitative estimate of drug-likeness (QED) is 0.703. The highest BCUT2D eigenvalue weighted by Crippen LogP contribution is 2.46.